The third kappa shape index (κ3) is 3.14. The van der Waals surface area contributed by atoms with Gasteiger partial charge in [-0.1, -0.05) is 25.3 Å². The molecule has 1 aliphatic rings. The average molecular weight is 399 g/mol. The number of hydrogen-bond acceptors (Lipinski definition) is 4. The Bertz CT molecular complexity index is 1290. The Kier molecular flexibility index (Phi) is 4.54. The Morgan fingerprint density at radius 2 is 1.80 bits per heavy atom. The van der Waals surface area contributed by atoms with Gasteiger partial charge in [-0.15, -0.1) is 0 Å². The summed E-state index contributed by atoms with van der Waals surface area (Å²) in [6.07, 6.45) is 6.56. The minimum absolute atomic E-state index is 0.242. The number of carbonyl (C=O) groups excluding carboxylic acids is 1. The maximum absolute atomic E-state index is 11.4. The highest BCUT2D eigenvalue weighted by atomic mass is 16.4. The molecule has 4 aromatic rings. The number of fused-ring (bicyclic) bond motifs is 2. The minimum Gasteiger partial charge on any atom is -0.478 e. The smallest absolute Gasteiger partial charge is 0.335 e. The maximum atomic E-state index is 11.4. The van der Waals surface area contributed by atoms with E-state index in [0.29, 0.717) is 17.3 Å². The molecule has 30 heavy (non-hydrogen) atoms. The van der Waals surface area contributed by atoms with Gasteiger partial charge in [-0.3, -0.25) is 4.79 Å². The zero-order valence-corrected chi connectivity index (χ0v) is 16.4. The van der Waals surface area contributed by atoms with Crippen LogP contribution in [0.2, 0.25) is 0 Å². The zero-order chi connectivity index (χ0) is 20.7. The molecule has 1 N–H and O–H groups in total. The molecule has 1 fully saturated rings. The van der Waals surface area contributed by atoms with E-state index in [1.807, 2.05) is 30.3 Å². The lowest BCUT2D eigenvalue weighted by Crippen LogP contribution is -2.14. The molecule has 150 valence electrons. The number of imidazole rings is 1. The van der Waals surface area contributed by atoms with Crippen LogP contribution in [0.5, 0.6) is 0 Å². The molecule has 2 heterocycles. The molecule has 0 radical (unpaired) electrons. The van der Waals surface area contributed by atoms with Gasteiger partial charge in [-0.2, -0.15) is 0 Å². The van der Waals surface area contributed by atoms with Crippen molar-refractivity contribution < 1.29 is 14.7 Å². The van der Waals surface area contributed by atoms with Crippen LogP contribution >= 0.6 is 0 Å². The lowest BCUT2D eigenvalue weighted by atomic mass is 9.94. The molecule has 0 aliphatic heterocycles. The number of benzene rings is 2. The van der Waals surface area contributed by atoms with Gasteiger partial charge < -0.3 is 9.67 Å². The normalized spacial score (nSPS) is 14.9. The van der Waals surface area contributed by atoms with Crippen LogP contribution in [0.25, 0.3) is 33.3 Å². The van der Waals surface area contributed by atoms with Crippen LogP contribution in [0.4, 0.5) is 0 Å². The Morgan fingerprint density at radius 1 is 0.967 bits per heavy atom. The van der Waals surface area contributed by atoms with Crippen molar-refractivity contribution in [2.75, 3.05) is 0 Å². The van der Waals surface area contributed by atoms with Gasteiger partial charge in [0.15, 0.2) is 6.29 Å². The van der Waals surface area contributed by atoms with Crippen LogP contribution in [0.3, 0.4) is 0 Å². The average Bonchev–Trinajstić information content (AvgIpc) is 3.17. The van der Waals surface area contributed by atoms with Crippen LogP contribution in [0.15, 0.2) is 48.5 Å². The molecule has 0 saturated heterocycles. The lowest BCUT2D eigenvalue weighted by Gasteiger charge is -2.25. The second-order valence-corrected chi connectivity index (χ2v) is 7.87. The van der Waals surface area contributed by atoms with E-state index in [1.54, 1.807) is 18.2 Å². The third-order valence-electron chi connectivity index (χ3n) is 5.97. The molecular weight excluding hydrogens is 378 g/mol. The molecular formula is C24H21N3O3. The molecule has 5 rings (SSSR count). The first-order valence-electron chi connectivity index (χ1n) is 10.3. The summed E-state index contributed by atoms with van der Waals surface area (Å²) in [7, 11) is 0. The van der Waals surface area contributed by atoms with E-state index in [1.165, 1.54) is 19.3 Å². The molecule has 6 nitrogen and oxygen atoms in total. The summed E-state index contributed by atoms with van der Waals surface area (Å²) in [5.74, 6) is -0.103. The molecule has 0 amide bonds. The predicted molar refractivity (Wildman–Crippen MR) is 115 cm³/mol. The first-order chi connectivity index (χ1) is 14.6. The van der Waals surface area contributed by atoms with Gasteiger partial charge in [0.1, 0.15) is 11.5 Å². The van der Waals surface area contributed by atoms with E-state index >= 15 is 0 Å². The zero-order valence-electron chi connectivity index (χ0n) is 16.4. The largest absolute Gasteiger partial charge is 0.478 e. The Morgan fingerprint density at radius 3 is 2.57 bits per heavy atom. The summed E-state index contributed by atoms with van der Waals surface area (Å²) < 4.78 is 2.29. The summed E-state index contributed by atoms with van der Waals surface area (Å²) in [5.41, 5.74) is 4.04. The fraction of sp³-hybridized carbons (Fsp3) is 0.250. The van der Waals surface area contributed by atoms with Gasteiger partial charge >= 0.3 is 5.97 Å². The Labute approximate surface area is 173 Å². The van der Waals surface area contributed by atoms with Crippen molar-refractivity contribution in [2.24, 2.45) is 0 Å². The monoisotopic (exact) mass is 399 g/mol. The number of carboxylic acid groups (broad SMARTS) is 1. The fourth-order valence-corrected chi connectivity index (χ4v) is 4.49. The summed E-state index contributed by atoms with van der Waals surface area (Å²) in [4.78, 5) is 31.7. The summed E-state index contributed by atoms with van der Waals surface area (Å²) in [5, 5.41) is 10.3. The second kappa shape index (κ2) is 7.37. The van der Waals surface area contributed by atoms with E-state index in [4.69, 9.17) is 4.98 Å². The molecule has 0 atom stereocenters. The standard InChI is InChI=1S/C24H21N3O3/c28-14-18-9-6-15-12-16(7-10-20(15)25-18)23-26-21-13-17(24(29)30)8-11-22(21)27(23)19-4-2-1-3-5-19/h6-14,19H,1-5H2,(H,29,30). The number of pyridine rings is 1. The number of carbonyl (C=O) groups is 2. The van der Waals surface area contributed by atoms with E-state index in [9.17, 15) is 14.7 Å². The number of carboxylic acids is 1. The van der Waals surface area contributed by atoms with E-state index in [-0.39, 0.29) is 5.56 Å². The van der Waals surface area contributed by atoms with Crippen molar-refractivity contribution in [1.82, 2.24) is 14.5 Å². The van der Waals surface area contributed by atoms with Crippen LogP contribution < -0.4 is 0 Å². The van der Waals surface area contributed by atoms with E-state index < -0.39 is 5.97 Å². The highest BCUT2D eigenvalue weighted by molar-refractivity contribution is 5.94. The minimum atomic E-state index is -0.951. The van der Waals surface area contributed by atoms with Gasteiger partial charge in [-0.05, 0) is 55.3 Å². The van der Waals surface area contributed by atoms with Crippen molar-refractivity contribution in [3.05, 3.63) is 59.8 Å². The van der Waals surface area contributed by atoms with Crippen LogP contribution in [-0.2, 0) is 0 Å². The highest BCUT2D eigenvalue weighted by Crippen LogP contribution is 2.36. The summed E-state index contributed by atoms with van der Waals surface area (Å²) in [6, 6.07) is 15.1. The Hall–Kier alpha value is -3.54. The van der Waals surface area contributed by atoms with Gasteiger partial charge in [0.05, 0.1) is 22.1 Å². The first kappa shape index (κ1) is 18.5. The molecule has 0 spiro atoms. The van der Waals surface area contributed by atoms with Crippen molar-refractivity contribution in [3.8, 4) is 11.4 Å². The number of aromatic nitrogens is 3. The SMILES string of the molecule is O=Cc1ccc2cc(-c3nc4cc(C(=O)O)ccc4n3C3CCCCC3)ccc2n1. The number of nitrogens with zero attached hydrogens (tertiary/aromatic N) is 3. The van der Waals surface area contributed by atoms with E-state index in [0.717, 1.165) is 46.9 Å². The maximum Gasteiger partial charge on any atom is 0.335 e. The number of aromatic carboxylic acids is 1. The number of hydrogen-bond donors (Lipinski definition) is 1. The van der Waals surface area contributed by atoms with Crippen molar-refractivity contribution in [3.63, 3.8) is 0 Å². The molecule has 0 unspecified atom stereocenters. The van der Waals surface area contributed by atoms with E-state index in [2.05, 4.69) is 9.55 Å². The van der Waals surface area contributed by atoms with Gasteiger partial charge in [0.2, 0.25) is 0 Å². The highest BCUT2D eigenvalue weighted by Gasteiger charge is 2.23. The third-order valence-corrected chi connectivity index (χ3v) is 5.97. The molecule has 6 heteroatoms. The quantitative estimate of drug-likeness (QED) is 0.473. The van der Waals surface area contributed by atoms with Crippen LogP contribution in [-0.4, -0.2) is 31.9 Å². The molecule has 1 saturated carbocycles. The van der Waals surface area contributed by atoms with Gasteiger partial charge in [0.25, 0.3) is 0 Å². The van der Waals surface area contributed by atoms with Crippen LogP contribution in [0, 0.1) is 0 Å². The molecule has 1 aliphatic carbocycles. The molecule has 2 aromatic carbocycles. The van der Waals surface area contributed by atoms with Crippen molar-refractivity contribution in [1.29, 1.82) is 0 Å². The topological polar surface area (TPSA) is 85.1 Å². The first-order valence-corrected chi connectivity index (χ1v) is 10.3. The number of rotatable bonds is 4. The molecule has 0 bridgehead atoms. The van der Waals surface area contributed by atoms with Gasteiger partial charge in [-0.25, -0.2) is 14.8 Å². The van der Waals surface area contributed by atoms with Crippen molar-refractivity contribution in [2.45, 2.75) is 38.1 Å². The number of aldehydes is 1. The van der Waals surface area contributed by atoms with Crippen LogP contribution in [0.1, 0.15) is 59.0 Å². The Balaban J connectivity index is 1.71. The predicted octanol–water partition coefficient (Wildman–Crippen LogP) is 5.27. The molecule has 2 aromatic heterocycles. The second-order valence-electron chi connectivity index (χ2n) is 7.87. The summed E-state index contributed by atoms with van der Waals surface area (Å²) in [6.45, 7) is 0. The fourth-order valence-electron chi connectivity index (χ4n) is 4.49. The van der Waals surface area contributed by atoms with Crippen molar-refractivity contribution >= 4 is 34.2 Å². The van der Waals surface area contributed by atoms with Gasteiger partial charge in [0, 0.05) is 17.0 Å². The summed E-state index contributed by atoms with van der Waals surface area (Å²) >= 11 is 0. The lowest BCUT2D eigenvalue weighted by molar-refractivity contribution is 0.0697.